The molecule has 0 aliphatic rings. The zero-order chi connectivity index (χ0) is 13.9. The van der Waals surface area contributed by atoms with E-state index in [1.54, 1.807) is 0 Å². The lowest BCUT2D eigenvalue weighted by molar-refractivity contribution is 0.0696. The van der Waals surface area contributed by atoms with Gasteiger partial charge in [0.05, 0.1) is 11.3 Å². The Balaban J connectivity index is 2.16. The molecule has 0 spiro atoms. The molecule has 2 rings (SSSR count). The Labute approximate surface area is 112 Å². The van der Waals surface area contributed by atoms with Crippen LogP contribution in [0.4, 0.5) is 5.13 Å². The van der Waals surface area contributed by atoms with Crippen LogP contribution in [-0.2, 0) is 15.8 Å². The Morgan fingerprint density at radius 1 is 1.42 bits per heavy atom. The van der Waals surface area contributed by atoms with Gasteiger partial charge in [-0.2, -0.15) is 0 Å². The second kappa shape index (κ2) is 5.28. The maximum atomic E-state index is 11.8. The first kappa shape index (κ1) is 13.4. The molecule has 100 valence electrons. The van der Waals surface area contributed by atoms with Crippen LogP contribution >= 0.6 is 11.5 Å². The van der Waals surface area contributed by atoms with Gasteiger partial charge in [0.25, 0.3) is 0 Å². The highest BCUT2D eigenvalue weighted by Crippen LogP contribution is 2.13. The third-order valence-corrected chi connectivity index (χ3v) is 3.93. The number of anilines is 1. The summed E-state index contributed by atoms with van der Waals surface area (Å²) in [5, 5.41) is 15.6. The van der Waals surface area contributed by atoms with E-state index < -0.39 is 16.0 Å². The van der Waals surface area contributed by atoms with E-state index in [1.165, 1.54) is 24.3 Å². The first-order chi connectivity index (χ1) is 8.96. The van der Waals surface area contributed by atoms with Crippen molar-refractivity contribution in [2.45, 2.75) is 5.75 Å². The highest BCUT2D eigenvalue weighted by molar-refractivity contribution is 7.92. The van der Waals surface area contributed by atoms with Gasteiger partial charge in [-0.15, -0.1) is 0 Å². The number of hydrogen-bond donors (Lipinski definition) is 2. The SMILES string of the molecule is O=C(O)c1cccc(CS(=O)(=O)Nc2nnns2)c1. The van der Waals surface area contributed by atoms with Crippen molar-refractivity contribution in [2.75, 3.05) is 4.72 Å². The molecule has 0 saturated carbocycles. The van der Waals surface area contributed by atoms with Gasteiger partial charge in [-0.3, -0.25) is 4.72 Å². The number of carboxylic acid groups (broad SMARTS) is 1. The third kappa shape index (κ3) is 3.69. The van der Waals surface area contributed by atoms with Gasteiger partial charge in [-0.05, 0) is 22.9 Å². The quantitative estimate of drug-likeness (QED) is 0.827. The lowest BCUT2D eigenvalue weighted by Crippen LogP contribution is -2.15. The highest BCUT2D eigenvalue weighted by Gasteiger charge is 2.15. The molecule has 1 aromatic carbocycles. The minimum absolute atomic E-state index is 0.0327. The summed E-state index contributed by atoms with van der Waals surface area (Å²) in [6.07, 6.45) is 0. The maximum absolute atomic E-state index is 11.8. The highest BCUT2D eigenvalue weighted by atomic mass is 32.2. The van der Waals surface area contributed by atoms with Gasteiger partial charge < -0.3 is 5.11 Å². The lowest BCUT2D eigenvalue weighted by atomic mass is 10.1. The smallest absolute Gasteiger partial charge is 0.335 e. The minimum Gasteiger partial charge on any atom is -0.478 e. The molecular formula is C9H8N4O4S2. The Morgan fingerprint density at radius 3 is 2.84 bits per heavy atom. The fraction of sp³-hybridized carbons (Fsp3) is 0.111. The van der Waals surface area contributed by atoms with Crippen LogP contribution in [0.3, 0.4) is 0 Å². The van der Waals surface area contributed by atoms with E-state index in [2.05, 4.69) is 19.5 Å². The van der Waals surface area contributed by atoms with E-state index in [0.29, 0.717) is 5.56 Å². The van der Waals surface area contributed by atoms with Gasteiger partial charge in [0, 0.05) is 11.5 Å². The van der Waals surface area contributed by atoms with Crippen LogP contribution in [0.15, 0.2) is 24.3 Å². The Hall–Kier alpha value is -2.07. The Kier molecular flexibility index (Phi) is 3.71. The molecule has 2 aromatic rings. The van der Waals surface area contributed by atoms with Crippen molar-refractivity contribution in [2.24, 2.45) is 0 Å². The number of carboxylic acids is 1. The zero-order valence-corrected chi connectivity index (χ0v) is 11.0. The largest absolute Gasteiger partial charge is 0.478 e. The maximum Gasteiger partial charge on any atom is 0.335 e. The number of hydrogen-bond acceptors (Lipinski definition) is 7. The van der Waals surface area contributed by atoms with Gasteiger partial charge >= 0.3 is 5.97 Å². The summed E-state index contributed by atoms with van der Waals surface area (Å²) in [6, 6.07) is 5.71. The summed E-state index contributed by atoms with van der Waals surface area (Å²) < 4.78 is 29.2. The second-order valence-corrected chi connectivity index (χ2v) is 5.99. The summed E-state index contributed by atoms with van der Waals surface area (Å²) in [7, 11) is -3.68. The van der Waals surface area contributed by atoms with Crippen LogP contribution in [0, 0.1) is 0 Å². The van der Waals surface area contributed by atoms with Gasteiger partial charge in [0.15, 0.2) is 0 Å². The fourth-order valence-corrected chi connectivity index (χ4v) is 3.11. The van der Waals surface area contributed by atoms with Gasteiger partial charge in [0.1, 0.15) is 0 Å². The number of nitrogens with one attached hydrogen (secondary N) is 1. The number of benzene rings is 1. The molecule has 0 saturated heterocycles. The van der Waals surface area contributed by atoms with Crippen LogP contribution < -0.4 is 4.72 Å². The number of nitrogens with zero attached hydrogens (tertiary/aromatic N) is 3. The number of rotatable bonds is 5. The van der Waals surface area contributed by atoms with E-state index in [1.807, 2.05) is 0 Å². The molecule has 0 bridgehead atoms. The molecule has 0 unspecified atom stereocenters. The summed E-state index contributed by atoms with van der Waals surface area (Å²) in [5.74, 6) is -1.46. The van der Waals surface area contributed by atoms with Crippen molar-refractivity contribution >= 4 is 32.7 Å². The Morgan fingerprint density at radius 2 is 2.21 bits per heavy atom. The molecule has 0 aliphatic carbocycles. The predicted octanol–water partition coefficient (Wildman–Crippen LogP) is 0.573. The van der Waals surface area contributed by atoms with E-state index >= 15 is 0 Å². The predicted molar refractivity (Wildman–Crippen MR) is 67.4 cm³/mol. The van der Waals surface area contributed by atoms with Crippen molar-refractivity contribution in [3.8, 4) is 0 Å². The molecule has 8 nitrogen and oxygen atoms in total. The van der Waals surface area contributed by atoms with Crippen LogP contribution in [0.1, 0.15) is 15.9 Å². The van der Waals surface area contributed by atoms with E-state index in [9.17, 15) is 13.2 Å². The van der Waals surface area contributed by atoms with Gasteiger partial charge in [-0.1, -0.05) is 21.7 Å². The molecule has 0 radical (unpaired) electrons. The number of aromatic nitrogens is 3. The monoisotopic (exact) mass is 300 g/mol. The summed E-state index contributed by atoms with van der Waals surface area (Å²) >= 11 is 0.812. The van der Waals surface area contributed by atoms with Crippen molar-refractivity contribution in [1.82, 2.24) is 14.8 Å². The molecule has 0 fully saturated rings. The fourth-order valence-electron chi connectivity index (χ4n) is 1.36. The van der Waals surface area contributed by atoms with E-state index in [0.717, 1.165) is 11.5 Å². The van der Waals surface area contributed by atoms with Crippen molar-refractivity contribution < 1.29 is 18.3 Å². The van der Waals surface area contributed by atoms with Crippen molar-refractivity contribution in [3.05, 3.63) is 35.4 Å². The molecule has 0 atom stereocenters. The van der Waals surface area contributed by atoms with Crippen molar-refractivity contribution in [1.29, 1.82) is 0 Å². The van der Waals surface area contributed by atoms with Crippen LogP contribution in [0.25, 0.3) is 0 Å². The van der Waals surface area contributed by atoms with Gasteiger partial charge in [0.2, 0.25) is 15.2 Å². The molecule has 0 aliphatic heterocycles. The standard InChI is InChI=1S/C9H8N4O4S2/c14-8(15)7-3-1-2-6(4-7)5-19(16,17)11-9-10-12-13-18-9/h1-4H,5H2,(H,14,15)(H,10,11,13). The van der Waals surface area contributed by atoms with Gasteiger partial charge in [-0.25, -0.2) is 13.2 Å². The summed E-state index contributed by atoms with van der Waals surface area (Å²) in [6.45, 7) is 0. The molecule has 10 heteroatoms. The molecule has 1 aromatic heterocycles. The van der Waals surface area contributed by atoms with Crippen molar-refractivity contribution in [3.63, 3.8) is 0 Å². The van der Waals surface area contributed by atoms with E-state index in [-0.39, 0.29) is 16.4 Å². The third-order valence-electron chi connectivity index (χ3n) is 2.07. The molecular weight excluding hydrogens is 292 g/mol. The lowest BCUT2D eigenvalue weighted by Gasteiger charge is -2.05. The van der Waals surface area contributed by atoms with Crippen LogP contribution in [0.5, 0.6) is 0 Å². The first-order valence-corrected chi connectivity index (χ1v) is 7.36. The van der Waals surface area contributed by atoms with Crippen LogP contribution in [0.2, 0.25) is 0 Å². The summed E-state index contributed by atoms with van der Waals surface area (Å²) in [5.41, 5.74) is 0.398. The van der Waals surface area contributed by atoms with E-state index in [4.69, 9.17) is 5.11 Å². The Bertz CT molecular complexity index is 684. The number of aromatic carboxylic acids is 1. The average Bonchev–Trinajstić information content (AvgIpc) is 2.80. The molecule has 1 heterocycles. The number of sulfonamides is 1. The molecule has 2 N–H and O–H groups in total. The first-order valence-electron chi connectivity index (χ1n) is 4.94. The van der Waals surface area contributed by atoms with Crippen LogP contribution in [-0.4, -0.2) is 34.3 Å². The molecule has 19 heavy (non-hydrogen) atoms. The average molecular weight is 300 g/mol. The second-order valence-electron chi connectivity index (χ2n) is 3.53. The topological polar surface area (TPSA) is 122 Å². The normalized spacial score (nSPS) is 11.2. The zero-order valence-electron chi connectivity index (χ0n) is 9.35. The molecule has 0 amide bonds. The minimum atomic E-state index is -3.68. The number of carbonyl (C=O) groups is 1. The summed E-state index contributed by atoms with van der Waals surface area (Å²) in [4.78, 5) is 10.8.